The second kappa shape index (κ2) is 5.06. The maximum absolute atomic E-state index is 11.7. The molecule has 0 aliphatic carbocycles. The maximum atomic E-state index is 11.7. The summed E-state index contributed by atoms with van der Waals surface area (Å²) >= 11 is 0. The van der Waals surface area contributed by atoms with Crippen LogP contribution in [0.5, 0.6) is 0 Å². The Morgan fingerprint density at radius 2 is 1.94 bits per heavy atom. The third kappa shape index (κ3) is 3.44. The first-order valence-corrected chi connectivity index (χ1v) is 7.29. The number of esters is 1. The Morgan fingerprint density at radius 3 is 2.41 bits per heavy atom. The molecule has 0 aromatic heterocycles. The van der Waals surface area contributed by atoms with E-state index >= 15 is 0 Å². The van der Waals surface area contributed by atoms with Crippen molar-refractivity contribution in [3.05, 3.63) is 29.3 Å². The van der Waals surface area contributed by atoms with E-state index in [-0.39, 0.29) is 16.6 Å². The molecule has 4 nitrogen and oxygen atoms in total. The number of halogens is 1. The van der Waals surface area contributed by atoms with Gasteiger partial charge in [-0.3, -0.25) is 0 Å². The normalized spacial score (nSPS) is 11.6. The lowest BCUT2D eigenvalue weighted by atomic mass is 10.1. The van der Waals surface area contributed by atoms with Crippen LogP contribution in [0.25, 0.3) is 0 Å². The summed E-state index contributed by atoms with van der Waals surface area (Å²) in [6.07, 6.45) is -0.325. The van der Waals surface area contributed by atoms with Gasteiger partial charge in [-0.1, -0.05) is 12.1 Å². The van der Waals surface area contributed by atoms with Gasteiger partial charge >= 0.3 is 5.97 Å². The molecule has 1 rings (SSSR count). The third-order valence-corrected chi connectivity index (χ3v) is 3.51. The number of carbonyl (C=O) groups is 1. The first kappa shape index (κ1) is 14.0. The molecule has 1 aromatic carbocycles. The second-order valence-corrected chi connectivity index (χ2v) is 6.35. The van der Waals surface area contributed by atoms with Crippen LogP contribution in [0.15, 0.2) is 23.1 Å². The molecule has 0 amide bonds. The van der Waals surface area contributed by atoms with E-state index in [4.69, 9.17) is 15.4 Å². The van der Waals surface area contributed by atoms with Crippen LogP contribution in [0, 0.1) is 6.92 Å². The average molecular weight is 277 g/mol. The van der Waals surface area contributed by atoms with Crippen molar-refractivity contribution in [3.8, 4) is 0 Å². The van der Waals surface area contributed by atoms with E-state index in [9.17, 15) is 13.2 Å². The summed E-state index contributed by atoms with van der Waals surface area (Å²) < 4.78 is 27.8. The van der Waals surface area contributed by atoms with E-state index < -0.39 is 15.0 Å². The summed E-state index contributed by atoms with van der Waals surface area (Å²) in [6.45, 7) is 4.94. The predicted octanol–water partition coefficient (Wildman–Crippen LogP) is 2.49. The molecule has 0 atom stereocenters. The quantitative estimate of drug-likeness (QED) is 0.629. The van der Waals surface area contributed by atoms with Crippen LogP contribution in [-0.2, 0) is 13.8 Å². The van der Waals surface area contributed by atoms with Crippen molar-refractivity contribution in [2.75, 3.05) is 0 Å². The van der Waals surface area contributed by atoms with E-state index in [1.54, 1.807) is 32.9 Å². The van der Waals surface area contributed by atoms with Crippen LogP contribution < -0.4 is 0 Å². The van der Waals surface area contributed by atoms with E-state index in [2.05, 4.69) is 0 Å². The van der Waals surface area contributed by atoms with Crippen LogP contribution in [0.3, 0.4) is 0 Å². The highest BCUT2D eigenvalue weighted by Crippen LogP contribution is 2.24. The lowest BCUT2D eigenvalue weighted by Gasteiger charge is -2.11. The van der Waals surface area contributed by atoms with Crippen molar-refractivity contribution in [1.82, 2.24) is 0 Å². The van der Waals surface area contributed by atoms with E-state index in [1.807, 2.05) is 0 Å². The Morgan fingerprint density at radius 1 is 1.35 bits per heavy atom. The van der Waals surface area contributed by atoms with Gasteiger partial charge < -0.3 is 4.74 Å². The molecule has 94 valence electrons. The monoisotopic (exact) mass is 276 g/mol. The first-order chi connectivity index (χ1) is 7.73. The molecule has 0 bridgehead atoms. The van der Waals surface area contributed by atoms with Gasteiger partial charge in [-0.25, -0.2) is 13.2 Å². The standard InChI is InChI=1S/C11H13ClO4S/c1-7(2)16-11(13)9-6-4-5-8(3)10(9)17(12,14)15/h4-7H,1-3H3. The van der Waals surface area contributed by atoms with Gasteiger partial charge in [0.15, 0.2) is 0 Å². The minimum Gasteiger partial charge on any atom is -0.459 e. The van der Waals surface area contributed by atoms with Crippen LogP contribution in [0.1, 0.15) is 29.8 Å². The summed E-state index contributed by atoms with van der Waals surface area (Å²) in [6, 6.07) is 4.53. The minimum atomic E-state index is -3.97. The molecule has 0 unspecified atom stereocenters. The Hall–Kier alpha value is -1.07. The molecule has 0 aliphatic heterocycles. The smallest absolute Gasteiger partial charge is 0.339 e. The molecule has 0 heterocycles. The molecular formula is C11H13ClO4S. The summed E-state index contributed by atoms with van der Waals surface area (Å²) in [5.41, 5.74) is 0.381. The SMILES string of the molecule is Cc1cccc(C(=O)OC(C)C)c1S(=O)(=O)Cl. The molecule has 6 heteroatoms. The highest BCUT2D eigenvalue weighted by molar-refractivity contribution is 8.13. The lowest BCUT2D eigenvalue weighted by Crippen LogP contribution is -2.15. The fraction of sp³-hybridized carbons (Fsp3) is 0.364. The van der Waals surface area contributed by atoms with Crippen molar-refractivity contribution in [1.29, 1.82) is 0 Å². The Labute approximate surface area is 105 Å². The lowest BCUT2D eigenvalue weighted by molar-refractivity contribution is 0.0373. The minimum absolute atomic E-state index is 0.0336. The zero-order valence-electron chi connectivity index (χ0n) is 9.73. The molecule has 0 aliphatic rings. The van der Waals surface area contributed by atoms with Gasteiger partial charge in [-0.15, -0.1) is 0 Å². The van der Waals surface area contributed by atoms with Crippen molar-refractivity contribution in [2.45, 2.75) is 31.8 Å². The van der Waals surface area contributed by atoms with Crippen LogP contribution in [-0.4, -0.2) is 20.5 Å². The number of ether oxygens (including phenoxy) is 1. The zero-order chi connectivity index (χ0) is 13.2. The molecule has 0 N–H and O–H groups in total. The second-order valence-electron chi connectivity index (χ2n) is 3.84. The number of aryl methyl sites for hydroxylation is 1. The molecule has 0 saturated carbocycles. The predicted molar refractivity (Wildman–Crippen MR) is 64.8 cm³/mol. The number of rotatable bonds is 3. The fourth-order valence-electron chi connectivity index (χ4n) is 1.41. The van der Waals surface area contributed by atoms with Crippen molar-refractivity contribution in [3.63, 3.8) is 0 Å². The number of carbonyl (C=O) groups excluding carboxylic acids is 1. The third-order valence-electron chi connectivity index (χ3n) is 2.02. The number of hydrogen-bond acceptors (Lipinski definition) is 4. The first-order valence-electron chi connectivity index (χ1n) is 4.98. The molecule has 1 aromatic rings. The summed E-state index contributed by atoms with van der Waals surface area (Å²) in [5.74, 6) is -0.692. The molecule has 0 saturated heterocycles. The molecular weight excluding hydrogens is 264 g/mol. The van der Waals surface area contributed by atoms with Crippen molar-refractivity contribution in [2.24, 2.45) is 0 Å². The largest absolute Gasteiger partial charge is 0.459 e. The average Bonchev–Trinajstić information content (AvgIpc) is 2.14. The maximum Gasteiger partial charge on any atom is 0.339 e. The highest BCUT2D eigenvalue weighted by Gasteiger charge is 2.24. The van der Waals surface area contributed by atoms with Crippen LogP contribution in [0.2, 0.25) is 0 Å². The molecule has 0 radical (unpaired) electrons. The summed E-state index contributed by atoms with van der Waals surface area (Å²) in [7, 11) is 1.34. The number of benzene rings is 1. The van der Waals surface area contributed by atoms with Gasteiger partial charge in [0, 0.05) is 10.7 Å². The van der Waals surface area contributed by atoms with Gasteiger partial charge in [-0.2, -0.15) is 0 Å². The van der Waals surface area contributed by atoms with Crippen molar-refractivity contribution >= 4 is 25.7 Å². The summed E-state index contributed by atoms with van der Waals surface area (Å²) in [4.78, 5) is 11.5. The topological polar surface area (TPSA) is 60.4 Å². The summed E-state index contributed by atoms with van der Waals surface area (Å²) in [5, 5.41) is 0. The molecule has 0 spiro atoms. The number of hydrogen-bond donors (Lipinski definition) is 0. The molecule has 17 heavy (non-hydrogen) atoms. The van der Waals surface area contributed by atoms with E-state index in [1.165, 1.54) is 6.07 Å². The molecule has 0 fully saturated rings. The van der Waals surface area contributed by atoms with Crippen molar-refractivity contribution < 1.29 is 17.9 Å². The van der Waals surface area contributed by atoms with Crippen LogP contribution >= 0.6 is 10.7 Å². The van der Waals surface area contributed by atoms with Crippen LogP contribution in [0.4, 0.5) is 0 Å². The van der Waals surface area contributed by atoms with Gasteiger partial charge in [-0.05, 0) is 32.4 Å². The van der Waals surface area contributed by atoms with Gasteiger partial charge in [0.1, 0.15) is 0 Å². The Balaban J connectivity index is 3.35. The fourth-order valence-corrected chi connectivity index (χ4v) is 2.90. The highest BCUT2D eigenvalue weighted by atomic mass is 35.7. The van der Waals surface area contributed by atoms with Gasteiger partial charge in [0.2, 0.25) is 0 Å². The van der Waals surface area contributed by atoms with Gasteiger partial charge in [0.25, 0.3) is 9.05 Å². The van der Waals surface area contributed by atoms with Gasteiger partial charge in [0.05, 0.1) is 16.6 Å². The Bertz CT molecular complexity index is 534. The zero-order valence-corrected chi connectivity index (χ0v) is 11.3. The van der Waals surface area contributed by atoms with E-state index in [0.717, 1.165) is 0 Å². The Kier molecular flexibility index (Phi) is 4.16. The van der Waals surface area contributed by atoms with E-state index in [0.29, 0.717) is 5.56 Å².